The molecule has 2 rings (SSSR count). The smallest absolute Gasteiger partial charge is 0.325 e. The van der Waals surface area contributed by atoms with Crippen molar-refractivity contribution in [2.24, 2.45) is 0 Å². The van der Waals surface area contributed by atoms with E-state index in [1.807, 2.05) is 30.3 Å². The Morgan fingerprint density at radius 2 is 2.21 bits per heavy atom. The molecule has 0 bridgehead atoms. The van der Waals surface area contributed by atoms with E-state index < -0.39 is 12.0 Å². The Hall–Kier alpha value is -1.39. The molecule has 0 saturated carbocycles. The first kappa shape index (κ1) is 14.0. The molecule has 1 saturated heterocycles. The van der Waals surface area contributed by atoms with Crippen molar-refractivity contribution >= 4 is 5.97 Å². The minimum Gasteiger partial charge on any atom is -0.480 e. The number of hydrogen-bond acceptors (Lipinski definition) is 3. The third-order valence-electron chi connectivity index (χ3n) is 3.46. The average molecular weight is 263 g/mol. The van der Waals surface area contributed by atoms with Crippen molar-refractivity contribution in [1.82, 2.24) is 5.32 Å². The molecule has 1 heterocycles. The Morgan fingerprint density at radius 3 is 2.84 bits per heavy atom. The summed E-state index contributed by atoms with van der Waals surface area (Å²) in [6.07, 6.45) is 4.62. The first-order chi connectivity index (χ1) is 9.27. The SMILES string of the molecule is O=C(O)C(NCCCC1CCCO1)c1ccccc1. The molecule has 19 heavy (non-hydrogen) atoms. The molecule has 4 heteroatoms. The van der Waals surface area contributed by atoms with Gasteiger partial charge < -0.3 is 15.2 Å². The molecule has 104 valence electrons. The molecule has 0 aromatic heterocycles. The fourth-order valence-corrected chi connectivity index (χ4v) is 2.44. The number of aliphatic carboxylic acids is 1. The molecule has 1 aromatic carbocycles. The van der Waals surface area contributed by atoms with Crippen molar-refractivity contribution in [3.63, 3.8) is 0 Å². The van der Waals surface area contributed by atoms with Crippen molar-refractivity contribution < 1.29 is 14.6 Å². The predicted molar refractivity (Wildman–Crippen MR) is 73.0 cm³/mol. The van der Waals surface area contributed by atoms with Gasteiger partial charge >= 0.3 is 5.97 Å². The summed E-state index contributed by atoms with van der Waals surface area (Å²) in [5.74, 6) is -0.830. The second kappa shape index (κ2) is 7.26. The van der Waals surface area contributed by atoms with Gasteiger partial charge in [0.05, 0.1) is 6.10 Å². The zero-order valence-electron chi connectivity index (χ0n) is 11.0. The maximum absolute atomic E-state index is 11.3. The zero-order valence-corrected chi connectivity index (χ0v) is 11.0. The van der Waals surface area contributed by atoms with Crippen LogP contribution in [0.1, 0.15) is 37.3 Å². The van der Waals surface area contributed by atoms with Crippen LogP contribution in [-0.2, 0) is 9.53 Å². The van der Waals surface area contributed by atoms with Crippen LogP contribution in [0.3, 0.4) is 0 Å². The Labute approximate surface area is 113 Å². The molecule has 0 spiro atoms. The largest absolute Gasteiger partial charge is 0.480 e. The summed E-state index contributed by atoms with van der Waals surface area (Å²) in [4.78, 5) is 11.3. The lowest BCUT2D eigenvalue weighted by molar-refractivity contribution is -0.139. The van der Waals surface area contributed by atoms with Crippen LogP contribution in [0, 0.1) is 0 Å². The molecule has 1 fully saturated rings. The van der Waals surface area contributed by atoms with E-state index in [1.54, 1.807) is 0 Å². The van der Waals surface area contributed by atoms with Gasteiger partial charge in [-0.05, 0) is 37.8 Å². The van der Waals surface area contributed by atoms with Gasteiger partial charge in [-0.25, -0.2) is 0 Å². The van der Waals surface area contributed by atoms with Crippen molar-refractivity contribution in [1.29, 1.82) is 0 Å². The molecular formula is C15H21NO3. The van der Waals surface area contributed by atoms with Crippen molar-refractivity contribution in [2.75, 3.05) is 13.2 Å². The van der Waals surface area contributed by atoms with Gasteiger partial charge in [0.25, 0.3) is 0 Å². The molecule has 1 aliphatic rings. The number of nitrogens with one attached hydrogen (secondary N) is 1. The number of carboxylic acids is 1. The van der Waals surface area contributed by atoms with Gasteiger partial charge in [0.1, 0.15) is 6.04 Å². The van der Waals surface area contributed by atoms with E-state index in [2.05, 4.69) is 5.32 Å². The Morgan fingerprint density at radius 1 is 1.42 bits per heavy atom. The number of rotatable bonds is 7. The summed E-state index contributed by atoms with van der Waals surface area (Å²) in [6.45, 7) is 1.57. The van der Waals surface area contributed by atoms with Crippen LogP contribution in [0.4, 0.5) is 0 Å². The van der Waals surface area contributed by atoms with E-state index in [4.69, 9.17) is 4.74 Å². The molecule has 0 amide bonds. The predicted octanol–water partition coefficient (Wildman–Crippen LogP) is 2.36. The number of hydrogen-bond donors (Lipinski definition) is 2. The van der Waals surface area contributed by atoms with Gasteiger partial charge in [-0.2, -0.15) is 0 Å². The summed E-state index contributed by atoms with van der Waals surface area (Å²) >= 11 is 0. The fourth-order valence-electron chi connectivity index (χ4n) is 2.44. The van der Waals surface area contributed by atoms with Gasteiger partial charge in [0.2, 0.25) is 0 Å². The third-order valence-corrected chi connectivity index (χ3v) is 3.46. The molecule has 2 N–H and O–H groups in total. The van der Waals surface area contributed by atoms with Crippen LogP contribution >= 0.6 is 0 Å². The number of carboxylic acid groups (broad SMARTS) is 1. The highest BCUT2D eigenvalue weighted by Gasteiger charge is 2.19. The van der Waals surface area contributed by atoms with E-state index in [0.717, 1.165) is 37.9 Å². The van der Waals surface area contributed by atoms with Gasteiger partial charge in [-0.1, -0.05) is 30.3 Å². The van der Waals surface area contributed by atoms with Crippen LogP contribution in [0.15, 0.2) is 30.3 Å². The second-order valence-electron chi connectivity index (χ2n) is 4.91. The highest BCUT2D eigenvalue weighted by molar-refractivity contribution is 5.75. The topological polar surface area (TPSA) is 58.6 Å². The maximum atomic E-state index is 11.3. The van der Waals surface area contributed by atoms with Gasteiger partial charge in [0.15, 0.2) is 0 Å². The molecule has 2 atom stereocenters. The third kappa shape index (κ3) is 4.33. The van der Waals surface area contributed by atoms with Crippen LogP contribution in [-0.4, -0.2) is 30.3 Å². The van der Waals surface area contributed by atoms with E-state index in [9.17, 15) is 9.90 Å². The van der Waals surface area contributed by atoms with E-state index in [0.29, 0.717) is 12.6 Å². The molecule has 4 nitrogen and oxygen atoms in total. The number of benzene rings is 1. The highest BCUT2D eigenvalue weighted by atomic mass is 16.5. The normalized spacial score (nSPS) is 20.3. The zero-order chi connectivity index (χ0) is 13.5. The standard InChI is InChI=1S/C15H21NO3/c17-15(18)14(12-6-2-1-3-7-12)16-10-4-8-13-9-5-11-19-13/h1-3,6-7,13-14,16H,4-5,8-11H2,(H,17,18). The summed E-state index contributed by atoms with van der Waals surface area (Å²) in [5.41, 5.74) is 0.798. The van der Waals surface area contributed by atoms with Gasteiger partial charge in [-0.15, -0.1) is 0 Å². The lowest BCUT2D eigenvalue weighted by Crippen LogP contribution is -2.29. The second-order valence-corrected chi connectivity index (χ2v) is 4.91. The maximum Gasteiger partial charge on any atom is 0.325 e. The van der Waals surface area contributed by atoms with Gasteiger partial charge in [-0.3, -0.25) is 4.79 Å². The molecule has 1 aromatic rings. The van der Waals surface area contributed by atoms with Crippen LogP contribution in [0.25, 0.3) is 0 Å². The first-order valence-electron chi connectivity index (χ1n) is 6.90. The molecule has 0 radical (unpaired) electrons. The summed E-state index contributed by atoms with van der Waals surface area (Å²) in [5, 5.41) is 12.4. The van der Waals surface area contributed by atoms with E-state index in [-0.39, 0.29) is 0 Å². The summed E-state index contributed by atoms with van der Waals surface area (Å²) < 4.78 is 5.55. The van der Waals surface area contributed by atoms with Crippen molar-refractivity contribution in [3.8, 4) is 0 Å². The minimum absolute atomic E-state index is 0.377. The van der Waals surface area contributed by atoms with Gasteiger partial charge in [0, 0.05) is 6.61 Å². The quantitative estimate of drug-likeness (QED) is 0.741. The van der Waals surface area contributed by atoms with Crippen molar-refractivity contribution in [2.45, 2.75) is 37.8 Å². The Kier molecular flexibility index (Phi) is 5.36. The van der Waals surface area contributed by atoms with Crippen LogP contribution in [0.2, 0.25) is 0 Å². The summed E-state index contributed by atoms with van der Waals surface area (Å²) in [7, 11) is 0. The Bertz CT molecular complexity index is 388. The lowest BCUT2D eigenvalue weighted by Gasteiger charge is -2.15. The molecule has 1 aliphatic heterocycles. The monoisotopic (exact) mass is 263 g/mol. The summed E-state index contributed by atoms with van der Waals surface area (Å²) in [6, 6.07) is 8.67. The van der Waals surface area contributed by atoms with Crippen LogP contribution in [0.5, 0.6) is 0 Å². The lowest BCUT2D eigenvalue weighted by atomic mass is 10.1. The fraction of sp³-hybridized carbons (Fsp3) is 0.533. The molecule has 0 aliphatic carbocycles. The average Bonchev–Trinajstić information content (AvgIpc) is 2.92. The highest BCUT2D eigenvalue weighted by Crippen LogP contribution is 2.17. The van der Waals surface area contributed by atoms with E-state index in [1.165, 1.54) is 0 Å². The number of ether oxygens (including phenoxy) is 1. The minimum atomic E-state index is -0.830. The number of carbonyl (C=O) groups is 1. The first-order valence-corrected chi connectivity index (χ1v) is 6.90. The Balaban J connectivity index is 1.76. The van der Waals surface area contributed by atoms with E-state index >= 15 is 0 Å². The molecular weight excluding hydrogens is 242 g/mol. The van der Waals surface area contributed by atoms with Crippen LogP contribution < -0.4 is 5.32 Å². The molecule has 2 unspecified atom stereocenters. The van der Waals surface area contributed by atoms with Crippen molar-refractivity contribution in [3.05, 3.63) is 35.9 Å².